The van der Waals surface area contributed by atoms with Gasteiger partial charge >= 0.3 is 0 Å². The van der Waals surface area contributed by atoms with E-state index in [1.807, 2.05) is 18.2 Å². The van der Waals surface area contributed by atoms with Crippen molar-refractivity contribution >= 4 is 11.6 Å². The molecule has 1 aliphatic rings. The zero-order valence-corrected chi connectivity index (χ0v) is 10.5. The fraction of sp³-hybridized carbons (Fsp3) is 0.200. The average molecular weight is 244 g/mol. The Balaban J connectivity index is 2.13. The molecule has 1 heterocycles. The van der Waals surface area contributed by atoms with Crippen LogP contribution in [0.4, 0.5) is 0 Å². The van der Waals surface area contributed by atoms with Gasteiger partial charge in [-0.15, -0.1) is 0 Å². The van der Waals surface area contributed by atoms with Gasteiger partial charge in [0.05, 0.1) is 6.04 Å². The van der Waals surface area contributed by atoms with E-state index < -0.39 is 0 Å². The molecule has 2 aromatic rings. The Morgan fingerprint density at radius 2 is 1.94 bits per heavy atom. The number of hydrogen-bond acceptors (Lipinski definition) is 1. The number of nitrogens with one attached hydrogen (secondary N) is 1. The predicted molar refractivity (Wildman–Crippen MR) is 71.3 cm³/mol. The van der Waals surface area contributed by atoms with Gasteiger partial charge in [-0.2, -0.15) is 0 Å². The SMILES string of the molecule is Cc1cccc2c1C(c1ccccc1Cl)NC2. The Bertz CT molecular complexity index is 563. The summed E-state index contributed by atoms with van der Waals surface area (Å²) in [6.07, 6.45) is 0. The molecule has 1 atom stereocenters. The van der Waals surface area contributed by atoms with E-state index in [0.29, 0.717) is 0 Å². The number of fused-ring (bicyclic) bond motifs is 1. The Labute approximate surface area is 106 Å². The second kappa shape index (κ2) is 4.17. The van der Waals surface area contributed by atoms with E-state index in [0.717, 1.165) is 11.6 Å². The average Bonchev–Trinajstić information content (AvgIpc) is 2.75. The van der Waals surface area contributed by atoms with Crippen LogP contribution in [0.3, 0.4) is 0 Å². The van der Waals surface area contributed by atoms with Crippen molar-refractivity contribution in [2.75, 3.05) is 0 Å². The van der Waals surface area contributed by atoms with Gasteiger partial charge in [0.2, 0.25) is 0 Å². The molecular weight excluding hydrogens is 230 g/mol. The highest BCUT2D eigenvalue weighted by atomic mass is 35.5. The maximum absolute atomic E-state index is 6.28. The summed E-state index contributed by atoms with van der Waals surface area (Å²) in [6, 6.07) is 14.8. The lowest BCUT2D eigenvalue weighted by molar-refractivity contribution is 0.665. The molecule has 1 nitrogen and oxygen atoms in total. The molecule has 2 aromatic carbocycles. The molecule has 86 valence electrons. The first-order valence-corrected chi connectivity index (χ1v) is 6.21. The third-order valence-corrected chi connectivity index (χ3v) is 3.76. The molecule has 0 spiro atoms. The molecule has 0 radical (unpaired) electrons. The monoisotopic (exact) mass is 243 g/mol. The van der Waals surface area contributed by atoms with Crippen LogP contribution < -0.4 is 5.32 Å². The van der Waals surface area contributed by atoms with Crippen molar-refractivity contribution in [2.45, 2.75) is 19.5 Å². The molecule has 0 saturated heterocycles. The van der Waals surface area contributed by atoms with Gasteiger partial charge in [0.15, 0.2) is 0 Å². The Kier molecular flexibility index (Phi) is 2.65. The van der Waals surface area contributed by atoms with Crippen molar-refractivity contribution in [3.63, 3.8) is 0 Å². The highest BCUT2D eigenvalue weighted by molar-refractivity contribution is 6.31. The number of benzene rings is 2. The Morgan fingerprint density at radius 1 is 1.12 bits per heavy atom. The first kappa shape index (κ1) is 10.8. The lowest BCUT2D eigenvalue weighted by atomic mass is 9.94. The minimum Gasteiger partial charge on any atom is -0.302 e. The third-order valence-electron chi connectivity index (χ3n) is 3.42. The molecule has 0 aromatic heterocycles. The number of aryl methyl sites for hydroxylation is 1. The predicted octanol–water partition coefficient (Wildman–Crippen LogP) is 3.84. The number of hydrogen-bond donors (Lipinski definition) is 1. The van der Waals surface area contributed by atoms with E-state index in [1.165, 1.54) is 22.3 Å². The first-order chi connectivity index (χ1) is 8.27. The lowest BCUT2D eigenvalue weighted by Crippen LogP contribution is -2.14. The minimum atomic E-state index is 0.236. The number of rotatable bonds is 1. The van der Waals surface area contributed by atoms with E-state index >= 15 is 0 Å². The molecule has 0 aliphatic carbocycles. The molecule has 2 heteroatoms. The van der Waals surface area contributed by atoms with E-state index in [-0.39, 0.29) is 6.04 Å². The summed E-state index contributed by atoms with van der Waals surface area (Å²) in [5.41, 5.74) is 5.27. The maximum Gasteiger partial charge on any atom is 0.0599 e. The first-order valence-electron chi connectivity index (χ1n) is 5.83. The third kappa shape index (κ3) is 1.76. The van der Waals surface area contributed by atoms with Crippen molar-refractivity contribution in [2.24, 2.45) is 0 Å². The van der Waals surface area contributed by atoms with Gasteiger partial charge in [-0.05, 0) is 35.2 Å². The summed E-state index contributed by atoms with van der Waals surface area (Å²) < 4.78 is 0. The van der Waals surface area contributed by atoms with Crippen molar-refractivity contribution in [3.8, 4) is 0 Å². The van der Waals surface area contributed by atoms with E-state index in [9.17, 15) is 0 Å². The molecular formula is C15H14ClN. The quantitative estimate of drug-likeness (QED) is 0.803. The number of halogens is 1. The summed E-state index contributed by atoms with van der Waals surface area (Å²) in [5.74, 6) is 0. The van der Waals surface area contributed by atoms with Crippen molar-refractivity contribution in [1.29, 1.82) is 0 Å². The second-order valence-corrected chi connectivity index (χ2v) is 4.89. The van der Waals surface area contributed by atoms with E-state index in [1.54, 1.807) is 0 Å². The Hall–Kier alpha value is -1.31. The van der Waals surface area contributed by atoms with Crippen molar-refractivity contribution in [1.82, 2.24) is 5.32 Å². The van der Waals surface area contributed by atoms with Gasteiger partial charge < -0.3 is 5.32 Å². The molecule has 3 rings (SSSR count). The molecule has 1 N–H and O–H groups in total. The van der Waals surface area contributed by atoms with Crippen LogP contribution in [0.25, 0.3) is 0 Å². The summed E-state index contributed by atoms with van der Waals surface area (Å²) >= 11 is 6.28. The van der Waals surface area contributed by atoms with Crippen LogP contribution in [-0.2, 0) is 6.54 Å². The highest BCUT2D eigenvalue weighted by Crippen LogP contribution is 2.36. The van der Waals surface area contributed by atoms with Gasteiger partial charge in [0.1, 0.15) is 0 Å². The molecule has 0 fully saturated rings. The zero-order chi connectivity index (χ0) is 11.8. The largest absolute Gasteiger partial charge is 0.302 e. The molecule has 0 amide bonds. The molecule has 0 saturated carbocycles. The van der Waals surface area contributed by atoms with Crippen LogP contribution in [0, 0.1) is 6.92 Å². The summed E-state index contributed by atoms with van der Waals surface area (Å²) in [7, 11) is 0. The summed E-state index contributed by atoms with van der Waals surface area (Å²) in [5, 5.41) is 4.37. The fourth-order valence-corrected chi connectivity index (χ4v) is 2.84. The summed E-state index contributed by atoms with van der Waals surface area (Å²) in [4.78, 5) is 0. The van der Waals surface area contributed by atoms with Crippen LogP contribution in [-0.4, -0.2) is 0 Å². The van der Waals surface area contributed by atoms with E-state index in [4.69, 9.17) is 11.6 Å². The Morgan fingerprint density at radius 3 is 2.76 bits per heavy atom. The lowest BCUT2D eigenvalue weighted by Gasteiger charge is -2.16. The van der Waals surface area contributed by atoms with Gasteiger partial charge in [-0.3, -0.25) is 0 Å². The van der Waals surface area contributed by atoms with Gasteiger partial charge in [0.25, 0.3) is 0 Å². The minimum absolute atomic E-state index is 0.236. The summed E-state index contributed by atoms with van der Waals surface area (Å²) in [6.45, 7) is 3.09. The van der Waals surface area contributed by atoms with Crippen molar-refractivity contribution in [3.05, 3.63) is 69.7 Å². The fourth-order valence-electron chi connectivity index (χ4n) is 2.60. The van der Waals surface area contributed by atoms with Gasteiger partial charge in [0, 0.05) is 11.6 Å². The standard InChI is InChI=1S/C15H14ClN/c1-10-5-4-6-11-9-17-15(14(10)11)12-7-2-3-8-13(12)16/h2-8,15,17H,9H2,1H3. The molecule has 1 aliphatic heterocycles. The normalized spacial score (nSPS) is 18.1. The van der Waals surface area contributed by atoms with Gasteiger partial charge in [-0.25, -0.2) is 0 Å². The molecule has 17 heavy (non-hydrogen) atoms. The van der Waals surface area contributed by atoms with Crippen LogP contribution >= 0.6 is 11.6 Å². The topological polar surface area (TPSA) is 12.0 Å². The van der Waals surface area contributed by atoms with Crippen LogP contribution in [0.15, 0.2) is 42.5 Å². The zero-order valence-electron chi connectivity index (χ0n) is 9.70. The smallest absolute Gasteiger partial charge is 0.0599 e. The van der Waals surface area contributed by atoms with Crippen molar-refractivity contribution < 1.29 is 0 Å². The molecule has 0 bridgehead atoms. The van der Waals surface area contributed by atoms with Crippen LogP contribution in [0.5, 0.6) is 0 Å². The van der Waals surface area contributed by atoms with Crippen LogP contribution in [0.1, 0.15) is 28.3 Å². The van der Waals surface area contributed by atoms with Crippen LogP contribution in [0.2, 0.25) is 5.02 Å². The highest BCUT2D eigenvalue weighted by Gasteiger charge is 2.25. The van der Waals surface area contributed by atoms with Gasteiger partial charge in [-0.1, -0.05) is 48.0 Å². The second-order valence-electron chi connectivity index (χ2n) is 4.48. The molecule has 1 unspecified atom stereocenters. The van der Waals surface area contributed by atoms with E-state index in [2.05, 4.69) is 36.5 Å². The maximum atomic E-state index is 6.28.